The van der Waals surface area contributed by atoms with Crippen LogP contribution in [0.1, 0.15) is 0 Å². The van der Waals surface area contributed by atoms with E-state index in [2.05, 4.69) is 18.4 Å². The third-order valence-electron chi connectivity index (χ3n) is 0.245. The Morgan fingerprint density at radius 2 is 2.67 bits per heavy atom. The van der Waals surface area contributed by atoms with Gasteiger partial charge in [-0.1, -0.05) is 17.5 Å². The minimum absolute atomic E-state index is 0.974. The zero-order chi connectivity index (χ0) is 4.83. The minimum Gasteiger partial charge on any atom is -0.102 e. The average molecular weight is 136 g/mol. The second-order valence-electron chi connectivity index (χ2n) is 0.659. The highest BCUT2D eigenvalue weighted by Gasteiger charge is 1.68. The molecule has 0 aromatic rings. The van der Waals surface area contributed by atoms with Crippen LogP contribution < -0.4 is 0 Å². The van der Waals surface area contributed by atoms with E-state index >= 15 is 0 Å². The topological polar surface area (TPSA) is 0 Å². The molecule has 0 unspecified atom stereocenters. The van der Waals surface area contributed by atoms with Gasteiger partial charge in [0, 0.05) is 12.3 Å². The summed E-state index contributed by atoms with van der Waals surface area (Å²) >= 11 is 6.28. The third-order valence-corrected chi connectivity index (χ3v) is 2.45. The van der Waals surface area contributed by atoms with E-state index < -0.39 is 0 Å². The van der Waals surface area contributed by atoms with Crippen LogP contribution in [0.5, 0.6) is 0 Å². The van der Waals surface area contributed by atoms with E-state index in [0.717, 1.165) is 12.3 Å². The van der Waals surface area contributed by atoms with Gasteiger partial charge < -0.3 is 0 Å². The van der Waals surface area contributed by atoms with E-state index in [1.807, 2.05) is 6.08 Å². The van der Waals surface area contributed by atoms with Gasteiger partial charge in [0.05, 0.1) is 0 Å². The van der Waals surface area contributed by atoms with E-state index in [0.29, 0.717) is 0 Å². The Hall–Kier alpha value is 0.610. The maximum atomic E-state index is 4.60. The molecule has 0 radical (unpaired) electrons. The predicted molar refractivity (Wildman–Crippen MR) is 36.9 cm³/mol. The molecular weight excluding hydrogens is 131 g/mol. The lowest BCUT2D eigenvalue weighted by Gasteiger charge is -1.74. The molecule has 0 spiro atoms. The van der Waals surface area contributed by atoms with Gasteiger partial charge in [0.1, 0.15) is 0 Å². The predicted octanol–water partition coefficient (Wildman–Crippen LogP) is 2.23. The van der Waals surface area contributed by atoms with Crippen molar-refractivity contribution in [2.24, 2.45) is 0 Å². The van der Waals surface area contributed by atoms with E-state index in [-0.39, 0.29) is 0 Å². The van der Waals surface area contributed by atoms with Crippen LogP contribution in [0.2, 0.25) is 0 Å². The van der Waals surface area contributed by atoms with Gasteiger partial charge in [0.15, 0.2) is 0 Å². The second-order valence-corrected chi connectivity index (χ2v) is 3.96. The van der Waals surface area contributed by atoms with Crippen molar-refractivity contribution < 1.29 is 0 Å². The van der Waals surface area contributed by atoms with E-state index in [1.165, 1.54) is 0 Å². The zero-order valence-electron chi connectivity index (χ0n) is 3.26. The Bertz CT molecular complexity index is 44.8. The number of hydrogen-bond acceptors (Lipinski definition) is 2. The Morgan fingerprint density at radius 1 is 2.00 bits per heavy atom. The Labute approximate surface area is 48.6 Å². The van der Waals surface area contributed by atoms with E-state index in [1.54, 1.807) is 11.4 Å². The maximum Gasteiger partial charge on any atom is 0.0433 e. The van der Waals surface area contributed by atoms with Crippen LogP contribution in [0, 0.1) is 0 Å². The molecule has 0 heterocycles. The van der Waals surface area contributed by atoms with Crippen LogP contribution in [0.25, 0.3) is 0 Å². The summed E-state index contributed by atoms with van der Waals surface area (Å²) in [6.07, 6.45) is 1.85. The van der Waals surface area contributed by atoms with Crippen molar-refractivity contribution in [1.82, 2.24) is 0 Å². The molecule has 0 atom stereocenters. The van der Waals surface area contributed by atoms with Crippen molar-refractivity contribution in [3.63, 3.8) is 0 Å². The molecule has 0 aromatic carbocycles. The number of hydrogen-bond donors (Lipinski definition) is 0. The summed E-state index contributed by atoms with van der Waals surface area (Å²) in [7, 11) is 0. The van der Waals surface area contributed by atoms with Crippen LogP contribution in [0.15, 0.2) is 12.7 Å². The fourth-order valence-corrected chi connectivity index (χ4v) is 1.30. The molecule has 0 bridgehead atoms. The summed E-state index contributed by atoms with van der Waals surface area (Å²) in [4.78, 5) is 0. The zero-order valence-corrected chi connectivity index (χ0v) is 5.78. The van der Waals surface area contributed by atoms with Gasteiger partial charge in [-0.3, -0.25) is 0 Å². The standard InChI is InChI=1S/C3H5PS2/c1-2-3-6-4-5/h2H,1,3H2. The Kier molecular flexibility index (Phi) is 6.18. The largest absolute Gasteiger partial charge is 0.102 e. The Morgan fingerprint density at radius 3 is 2.83 bits per heavy atom. The molecule has 0 rings (SSSR count). The molecular formula is C3H5PS2. The van der Waals surface area contributed by atoms with Gasteiger partial charge >= 0.3 is 0 Å². The summed E-state index contributed by atoms with van der Waals surface area (Å²) in [6, 6.07) is 0. The number of rotatable bonds is 3. The highest BCUT2D eigenvalue weighted by Crippen LogP contribution is 2.15. The van der Waals surface area contributed by atoms with Crippen molar-refractivity contribution in [1.29, 1.82) is 0 Å². The highest BCUT2D eigenvalue weighted by molar-refractivity contribution is 8.58. The molecule has 34 valence electrons. The minimum atomic E-state index is 0.974. The third kappa shape index (κ3) is 4.61. The Balaban J connectivity index is 2.66. The van der Waals surface area contributed by atoms with Gasteiger partial charge in [0.25, 0.3) is 0 Å². The first-order valence-electron chi connectivity index (χ1n) is 1.47. The van der Waals surface area contributed by atoms with Crippen LogP contribution in [-0.2, 0) is 11.8 Å². The molecule has 0 amide bonds. The highest BCUT2D eigenvalue weighted by atomic mass is 32.9. The molecule has 3 heteroatoms. The molecule has 0 nitrogen and oxygen atoms in total. The summed E-state index contributed by atoms with van der Waals surface area (Å²) in [5.41, 5.74) is 0. The fraction of sp³-hybridized carbons (Fsp3) is 0.333. The SMILES string of the molecule is C=CCSP=S. The van der Waals surface area contributed by atoms with Gasteiger partial charge in [-0.2, -0.15) is 0 Å². The van der Waals surface area contributed by atoms with Crippen molar-refractivity contribution >= 4 is 29.7 Å². The normalized spacial score (nSPS) is 8.67. The lowest BCUT2D eigenvalue weighted by molar-refractivity contribution is 1.84. The van der Waals surface area contributed by atoms with Crippen molar-refractivity contribution in [3.05, 3.63) is 12.7 Å². The van der Waals surface area contributed by atoms with Crippen LogP contribution >= 0.6 is 17.9 Å². The summed E-state index contributed by atoms with van der Waals surface area (Å²) in [5.74, 6) is 0.977. The molecule has 0 aliphatic heterocycles. The molecule has 0 fully saturated rings. The summed E-state index contributed by atoms with van der Waals surface area (Å²) in [6.45, 7) is 4.50. The summed E-state index contributed by atoms with van der Waals surface area (Å²) < 4.78 is 0. The van der Waals surface area contributed by atoms with Crippen molar-refractivity contribution in [2.75, 3.05) is 5.75 Å². The van der Waals surface area contributed by atoms with Crippen molar-refractivity contribution in [3.8, 4) is 0 Å². The molecule has 0 saturated carbocycles. The lowest BCUT2D eigenvalue weighted by Crippen LogP contribution is -1.52. The van der Waals surface area contributed by atoms with Crippen molar-refractivity contribution in [2.45, 2.75) is 0 Å². The van der Waals surface area contributed by atoms with Gasteiger partial charge in [-0.25, -0.2) is 0 Å². The first-order valence-corrected chi connectivity index (χ1v) is 4.97. The second kappa shape index (κ2) is 5.61. The van der Waals surface area contributed by atoms with E-state index in [4.69, 9.17) is 0 Å². The van der Waals surface area contributed by atoms with Crippen LogP contribution in [0.3, 0.4) is 0 Å². The first-order chi connectivity index (χ1) is 2.91. The summed E-state index contributed by atoms with van der Waals surface area (Å²) in [5, 5.41) is 0. The monoisotopic (exact) mass is 136 g/mol. The molecule has 0 saturated heterocycles. The van der Waals surface area contributed by atoms with Crippen LogP contribution in [0.4, 0.5) is 0 Å². The first kappa shape index (κ1) is 6.61. The van der Waals surface area contributed by atoms with Gasteiger partial charge in [-0.15, -0.1) is 6.58 Å². The molecule has 0 aliphatic rings. The molecule has 0 aliphatic carbocycles. The van der Waals surface area contributed by atoms with E-state index in [9.17, 15) is 0 Å². The average Bonchev–Trinajstić information content (AvgIpc) is 1.61. The molecule has 0 N–H and O–H groups in total. The lowest BCUT2D eigenvalue weighted by atomic mass is 10.8. The molecule has 0 aromatic heterocycles. The van der Waals surface area contributed by atoms with Crippen LogP contribution in [-0.4, -0.2) is 5.75 Å². The fourth-order valence-electron chi connectivity index (χ4n) is 0.0831. The maximum absolute atomic E-state index is 4.60. The quantitative estimate of drug-likeness (QED) is 0.331. The van der Waals surface area contributed by atoms with Gasteiger partial charge in [-0.05, 0) is 11.8 Å². The molecule has 6 heavy (non-hydrogen) atoms. The van der Waals surface area contributed by atoms with Gasteiger partial charge in [0.2, 0.25) is 0 Å². The smallest absolute Gasteiger partial charge is 0.0433 e.